The Bertz CT molecular complexity index is 459. The number of carbonyl (C=O) groups excluding carboxylic acids is 1. The third kappa shape index (κ3) is 4.59. The standard InChI is InChI=1S/C15H21NO4/c1-5-8-16(11-15(17)20-4)10-12-6-7-13(18-2)9-14(12)19-3/h5-7,9H,1,8,10-11H2,2-4H3. The predicted molar refractivity (Wildman–Crippen MR) is 77.0 cm³/mol. The second-order valence-electron chi connectivity index (χ2n) is 4.21. The molecule has 110 valence electrons. The third-order valence-corrected chi connectivity index (χ3v) is 2.86. The minimum atomic E-state index is -0.278. The largest absolute Gasteiger partial charge is 0.497 e. The summed E-state index contributed by atoms with van der Waals surface area (Å²) < 4.78 is 15.2. The maximum Gasteiger partial charge on any atom is 0.319 e. The highest BCUT2D eigenvalue weighted by Gasteiger charge is 2.13. The Kier molecular flexibility index (Phi) is 6.59. The van der Waals surface area contributed by atoms with Crippen molar-refractivity contribution in [3.8, 4) is 11.5 Å². The van der Waals surface area contributed by atoms with E-state index in [1.807, 2.05) is 23.1 Å². The molecule has 0 saturated heterocycles. The fourth-order valence-corrected chi connectivity index (χ4v) is 1.84. The van der Waals surface area contributed by atoms with Crippen LogP contribution in [0.4, 0.5) is 0 Å². The lowest BCUT2D eigenvalue weighted by atomic mass is 10.1. The van der Waals surface area contributed by atoms with Crippen LogP contribution in [-0.2, 0) is 16.1 Å². The minimum absolute atomic E-state index is 0.206. The van der Waals surface area contributed by atoms with Crippen molar-refractivity contribution in [2.24, 2.45) is 0 Å². The average molecular weight is 279 g/mol. The highest BCUT2D eigenvalue weighted by atomic mass is 16.5. The number of esters is 1. The molecule has 0 N–H and O–H groups in total. The van der Waals surface area contributed by atoms with E-state index in [4.69, 9.17) is 14.2 Å². The summed E-state index contributed by atoms with van der Waals surface area (Å²) in [6, 6.07) is 5.60. The van der Waals surface area contributed by atoms with Crippen molar-refractivity contribution < 1.29 is 19.0 Å². The molecule has 5 nitrogen and oxygen atoms in total. The van der Waals surface area contributed by atoms with Gasteiger partial charge in [-0.25, -0.2) is 0 Å². The zero-order valence-corrected chi connectivity index (χ0v) is 12.2. The first-order valence-electron chi connectivity index (χ1n) is 6.25. The Morgan fingerprint density at radius 1 is 1.30 bits per heavy atom. The monoisotopic (exact) mass is 279 g/mol. The van der Waals surface area contributed by atoms with E-state index in [0.29, 0.717) is 13.1 Å². The van der Waals surface area contributed by atoms with Gasteiger partial charge in [0.2, 0.25) is 0 Å². The van der Waals surface area contributed by atoms with Gasteiger partial charge in [-0.3, -0.25) is 9.69 Å². The number of hydrogen-bond acceptors (Lipinski definition) is 5. The Morgan fingerprint density at radius 2 is 2.05 bits per heavy atom. The number of nitrogens with zero attached hydrogens (tertiary/aromatic N) is 1. The van der Waals surface area contributed by atoms with Crippen LogP contribution in [0.2, 0.25) is 0 Å². The number of hydrogen-bond donors (Lipinski definition) is 0. The Balaban J connectivity index is 2.86. The number of carbonyl (C=O) groups is 1. The van der Waals surface area contributed by atoms with Gasteiger partial charge < -0.3 is 14.2 Å². The van der Waals surface area contributed by atoms with Gasteiger partial charge in [-0.1, -0.05) is 12.1 Å². The summed E-state index contributed by atoms with van der Waals surface area (Å²) in [7, 11) is 4.59. The number of rotatable bonds is 8. The Labute approximate surface area is 119 Å². The molecule has 20 heavy (non-hydrogen) atoms. The van der Waals surface area contributed by atoms with Gasteiger partial charge in [-0.05, 0) is 6.07 Å². The molecule has 0 aromatic heterocycles. The lowest BCUT2D eigenvalue weighted by Gasteiger charge is -2.20. The molecule has 1 aromatic rings. The van der Waals surface area contributed by atoms with E-state index < -0.39 is 0 Å². The van der Waals surface area contributed by atoms with Crippen molar-refractivity contribution in [3.63, 3.8) is 0 Å². The number of methoxy groups -OCH3 is 3. The first-order valence-corrected chi connectivity index (χ1v) is 6.25. The fraction of sp³-hybridized carbons (Fsp3) is 0.400. The van der Waals surface area contributed by atoms with Gasteiger partial charge in [-0.15, -0.1) is 6.58 Å². The van der Waals surface area contributed by atoms with Crippen LogP contribution in [0.5, 0.6) is 11.5 Å². The zero-order valence-electron chi connectivity index (χ0n) is 12.2. The van der Waals surface area contributed by atoms with Crippen LogP contribution in [0.25, 0.3) is 0 Å². The van der Waals surface area contributed by atoms with Crippen molar-refractivity contribution in [1.82, 2.24) is 4.90 Å². The predicted octanol–water partition coefficient (Wildman–Crippen LogP) is 1.86. The van der Waals surface area contributed by atoms with Gasteiger partial charge in [0.15, 0.2) is 0 Å². The molecular weight excluding hydrogens is 258 g/mol. The van der Waals surface area contributed by atoms with E-state index >= 15 is 0 Å². The third-order valence-electron chi connectivity index (χ3n) is 2.86. The molecular formula is C15H21NO4. The minimum Gasteiger partial charge on any atom is -0.497 e. The first kappa shape index (κ1) is 16.0. The molecule has 0 aliphatic heterocycles. The van der Waals surface area contributed by atoms with E-state index in [1.54, 1.807) is 20.3 Å². The molecule has 0 radical (unpaired) electrons. The van der Waals surface area contributed by atoms with Gasteiger partial charge >= 0.3 is 5.97 Å². The summed E-state index contributed by atoms with van der Waals surface area (Å²) in [5.41, 5.74) is 0.971. The normalized spacial score (nSPS) is 10.2. The zero-order chi connectivity index (χ0) is 15.0. The van der Waals surface area contributed by atoms with Crippen molar-refractivity contribution in [2.45, 2.75) is 6.54 Å². The molecule has 0 spiro atoms. The Morgan fingerprint density at radius 3 is 2.60 bits per heavy atom. The van der Waals surface area contributed by atoms with Crippen molar-refractivity contribution in [3.05, 3.63) is 36.4 Å². The van der Waals surface area contributed by atoms with Crippen molar-refractivity contribution in [2.75, 3.05) is 34.4 Å². The van der Waals surface area contributed by atoms with E-state index in [-0.39, 0.29) is 12.5 Å². The van der Waals surface area contributed by atoms with Crippen LogP contribution >= 0.6 is 0 Å². The first-order chi connectivity index (χ1) is 9.64. The fourth-order valence-electron chi connectivity index (χ4n) is 1.84. The highest BCUT2D eigenvalue weighted by Crippen LogP contribution is 2.25. The highest BCUT2D eigenvalue weighted by molar-refractivity contribution is 5.71. The number of ether oxygens (including phenoxy) is 3. The smallest absolute Gasteiger partial charge is 0.319 e. The molecule has 0 fully saturated rings. The summed E-state index contributed by atoms with van der Waals surface area (Å²) in [6.45, 7) is 5.06. The maximum absolute atomic E-state index is 11.4. The average Bonchev–Trinajstić information content (AvgIpc) is 2.47. The summed E-state index contributed by atoms with van der Waals surface area (Å²) in [5.74, 6) is 1.18. The van der Waals surface area contributed by atoms with E-state index in [2.05, 4.69) is 6.58 Å². The molecule has 1 aromatic carbocycles. The summed E-state index contributed by atoms with van der Waals surface area (Å²) in [5, 5.41) is 0. The molecule has 0 atom stereocenters. The molecule has 5 heteroatoms. The van der Waals surface area contributed by atoms with Crippen LogP contribution in [0.15, 0.2) is 30.9 Å². The van der Waals surface area contributed by atoms with Crippen LogP contribution in [-0.4, -0.2) is 45.3 Å². The summed E-state index contributed by atoms with van der Waals surface area (Å²) >= 11 is 0. The Hall–Kier alpha value is -2.01. The summed E-state index contributed by atoms with van der Waals surface area (Å²) in [6.07, 6.45) is 1.75. The molecule has 0 bridgehead atoms. The van der Waals surface area contributed by atoms with Gasteiger partial charge in [0.1, 0.15) is 11.5 Å². The van der Waals surface area contributed by atoms with E-state index in [0.717, 1.165) is 17.1 Å². The molecule has 0 unspecified atom stereocenters. The maximum atomic E-state index is 11.4. The van der Waals surface area contributed by atoms with Gasteiger partial charge in [0.05, 0.1) is 27.9 Å². The number of benzene rings is 1. The summed E-state index contributed by atoms with van der Waals surface area (Å²) in [4.78, 5) is 13.3. The van der Waals surface area contributed by atoms with Crippen molar-refractivity contribution in [1.29, 1.82) is 0 Å². The van der Waals surface area contributed by atoms with E-state index in [9.17, 15) is 4.79 Å². The topological polar surface area (TPSA) is 48.0 Å². The molecule has 1 rings (SSSR count). The molecule has 0 aliphatic rings. The van der Waals surface area contributed by atoms with Crippen LogP contribution < -0.4 is 9.47 Å². The SMILES string of the molecule is C=CCN(CC(=O)OC)Cc1ccc(OC)cc1OC. The lowest BCUT2D eigenvalue weighted by Crippen LogP contribution is -2.30. The van der Waals surface area contributed by atoms with Crippen molar-refractivity contribution >= 4 is 5.97 Å². The molecule has 0 aliphatic carbocycles. The van der Waals surface area contributed by atoms with Crippen LogP contribution in [0.1, 0.15) is 5.56 Å². The second kappa shape index (κ2) is 8.22. The van der Waals surface area contributed by atoms with Crippen LogP contribution in [0.3, 0.4) is 0 Å². The van der Waals surface area contributed by atoms with Gasteiger partial charge in [0.25, 0.3) is 0 Å². The second-order valence-corrected chi connectivity index (χ2v) is 4.21. The molecule has 0 saturated carbocycles. The van der Waals surface area contributed by atoms with E-state index in [1.165, 1.54) is 7.11 Å². The van der Waals surface area contributed by atoms with Gasteiger partial charge in [-0.2, -0.15) is 0 Å². The quantitative estimate of drug-likeness (QED) is 0.537. The lowest BCUT2D eigenvalue weighted by molar-refractivity contribution is -0.141. The van der Waals surface area contributed by atoms with Crippen LogP contribution in [0, 0.1) is 0 Å². The van der Waals surface area contributed by atoms with Gasteiger partial charge in [0, 0.05) is 24.7 Å². The molecule has 0 amide bonds. The molecule has 0 heterocycles.